The highest BCUT2D eigenvalue weighted by Crippen LogP contribution is 2.29. The van der Waals surface area contributed by atoms with E-state index in [0.29, 0.717) is 30.9 Å². The van der Waals surface area contributed by atoms with E-state index in [-0.39, 0.29) is 24.8 Å². The molecular weight excluding hydrogens is 399 g/mol. The number of nitrogens with zero attached hydrogens (tertiary/aromatic N) is 2. The largest absolute Gasteiger partial charge is 0.471 e. The zero-order chi connectivity index (χ0) is 21.1. The van der Waals surface area contributed by atoms with E-state index in [1.165, 1.54) is 24.1 Å². The van der Waals surface area contributed by atoms with Gasteiger partial charge in [-0.2, -0.15) is 0 Å². The Morgan fingerprint density at radius 1 is 1.37 bits per heavy atom. The minimum absolute atomic E-state index is 0.0111. The van der Waals surface area contributed by atoms with Gasteiger partial charge in [-0.3, -0.25) is 4.90 Å². The summed E-state index contributed by atoms with van der Waals surface area (Å²) in [7, 11) is 1.22. The lowest BCUT2D eigenvalue weighted by molar-refractivity contribution is 0.0553. The number of carbonyl (C=O) groups is 2. The van der Waals surface area contributed by atoms with Crippen LogP contribution < -0.4 is 9.64 Å². The van der Waals surface area contributed by atoms with Crippen LogP contribution in [-0.4, -0.2) is 56.8 Å². The summed E-state index contributed by atoms with van der Waals surface area (Å²) in [6.45, 7) is 1.18. The molecule has 1 amide bonds. The van der Waals surface area contributed by atoms with E-state index in [1.807, 2.05) is 6.08 Å². The van der Waals surface area contributed by atoms with Crippen LogP contribution in [0.25, 0.3) is 5.57 Å². The second-order valence-electron chi connectivity index (χ2n) is 6.67. The van der Waals surface area contributed by atoms with Gasteiger partial charge in [0.1, 0.15) is 12.4 Å². The molecule has 1 aromatic carbocycles. The summed E-state index contributed by atoms with van der Waals surface area (Å²) in [6.07, 6.45) is 1.30. The summed E-state index contributed by atoms with van der Waals surface area (Å²) in [5, 5.41) is 3.59. The number of hydrogen-bond acceptors (Lipinski definition) is 8. The SMILES string of the molecule is COC(=O)c1cc(OC[C@H]2CN(c3ccc(C4=CCOCC4)c(F)c3)C(=O)O2)no1. The number of rotatable bonds is 6. The van der Waals surface area contributed by atoms with Crippen molar-refractivity contribution < 1.29 is 37.5 Å². The molecule has 0 N–H and O–H groups in total. The molecular formula is C20H19FN2O7. The minimum atomic E-state index is -0.683. The van der Waals surface area contributed by atoms with Crippen molar-refractivity contribution in [2.45, 2.75) is 12.5 Å². The number of cyclic esters (lactones) is 1. The van der Waals surface area contributed by atoms with E-state index < -0.39 is 24.0 Å². The van der Waals surface area contributed by atoms with Gasteiger partial charge in [-0.25, -0.2) is 14.0 Å². The van der Waals surface area contributed by atoms with Gasteiger partial charge < -0.3 is 23.5 Å². The Hall–Kier alpha value is -3.40. The molecule has 3 heterocycles. The Balaban J connectivity index is 1.38. The van der Waals surface area contributed by atoms with Crippen molar-refractivity contribution in [3.05, 3.63) is 47.5 Å². The third-order valence-corrected chi connectivity index (χ3v) is 4.74. The van der Waals surface area contributed by atoms with E-state index >= 15 is 0 Å². The Morgan fingerprint density at radius 2 is 2.23 bits per heavy atom. The summed E-state index contributed by atoms with van der Waals surface area (Å²) in [6, 6.07) is 5.93. The molecule has 0 saturated carbocycles. The third-order valence-electron chi connectivity index (χ3n) is 4.74. The van der Waals surface area contributed by atoms with Crippen molar-refractivity contribution in [2.24, 2.45) is 0 Å². The molecule has 1 fully saturated rings. The fourth-order valence-corrected chi connectivity index (χ4v) is 3.23. The van der Waals surface area contributed by atoms with E-state index in [9.17, 15) is 14.0 Å². The van der Waals surface area contributed by atoms with Crippen molar-refractivity contribution in [3.8, 4) is 5.88 Å². The van der Waals surface area contributed by atoms with Gasteiger partial charge in [0.15, 0.2) is 6.10 Å². The van der Waals surface area contributed by atoms with Crippen LogP contribution >= 0.6 is 0 Å². The maximum atomic E-state index is 14.6. The summed E-state index contributed by atoms with van der Waals surface area (Å²) in [4.78, 5) is 24.9. The van der Waals surface area contributed by atoms with Gasteiger partial charge in [0.05, 0.1) is 38.6 Å². The minimum Gasteiger partial charge on any atom is -0.471 e. The Labute approximate surface area is 170 Å². The Kier molecular flexibility index (Phi) is 5.66. The Morgan fingerprint density at radius 3 is 2.97 bits per heavy atom. The van der Waals surface area contributed by atoms with Crippen LogP contribution in [0.2, 0.25) is 0 Å². The van der Waals surface area contributed by atoms with Crippen molar-refractivity contribution in [1.29, 1.82) is 0 Å². The zero-order valence-electron chi connectivity index (χ0n) is 16.1. The fraction of sp³-hybridized carbons (Fsp3) is 0.350. The van der Waals surface area contributed by atoms with Gasteiger partial charge >= 0.3 is 12.1 Å². The molecule has 0 spiro atoms. The molecule has 1 atom stereocenters. The summed E-state index contributed by atoms with van der Waals surface area (Å²) >= 11 is 0. The van der Waals surface area contributed by atoms with Gasteiger partial charge in [0.25, 0.3) is 5.88 Å². The maximum absolute atomic E-state index is 14.6. The molecule has 2 aliphatic heterocycles. The van der Waals surface area contributed by atoms with Gasteiger partial charge in [0, 0.05) is 5.56 Å². The molecule has 0 aliphatic carbocycles. The van der Waals surface area contributed by atoms with Gasteiger partial charge in [-0.15, -0.1) is 0 Å². The van der Waals surface area contributed by atoms with E-state index in [1.54, 1.807) is 12.1 Å². The topological polar surface area (TPSA) is 100 Å². The van der Waals surface area contributed by atoms with Gasteiger partial charge in [-0.1, -0.05) is 6.08 Å². The van der Waals surface area contributed by atoms with E-state index in [0.717, 1.165) is 5.57 Å². The summed E-state index contributed by atoms with van der Waals surface area (Å²) < 4.78 is 39.9. The number of esters is 1. The molecule has 0 radical (unpaired) electrons. The molecule has 10 heteroatoms. The van der Waals surface area contributed by atoms with Crippen LogP contribution in [0.3, 0.4) is 0 Å². The highest BCUT2D eigenvalue weighted by atomic mass is 19.1. The number of benzene rings is 1. The molecule has 1 aromatic heterocycles. The highest BCUT2D eigenvalue weighted by molar-refractivity contribution is 5.90. The second kappa shape index (κ2) is 8.54. The molecule has 30 heavy (non-hydrogen) atoms. The van der Waals surface area contributed by atoms with Gasteiger partial charge in [0.2, 0.25) is 5.76 Å². The number of hydrogen-bond donors (Lipinski definition) is 0. The molecule has 1 saturated heterocycles. The molecule has 2 aliphatic rings. The van der Waals surface area contributed by atoms with Crippen LogP contribution in [0.5, 0.6) is 5.88 Å². The first-order valence-corrected chi connectivity index (χ1v) is 9.28. The lowest BCUT2D eigenvalue weighted by Gasteiger charge is -2.17. The van der Waals surface area contributed by atoms with Crippen LogP contribution in [0.1, 0.15) is 22.5 Å². The number of methoxy groups -OCH3 is 1. The summed E-state index contributed by atoms with van der Waals surface area (Å²) in [5.74, 6) is -1.14. The normalized spacial score (nSPS) is 18.7. The van der Waals surface area contributed by atoms with Crippen molar-refractivity contribution in [3.63, 3.8) is 0 Å². The number of anilines is 1. The quantitative estimate of drug-likeness (QED) is 0.661. The maximum Gasteiger partial charge on any atom is 0.414 e. The smallest absolute Gasteiger partial charge is 0.414 e. The number of halogens is 1. The third kappa shape index (κ3) is 4.13. The highest BCUT2D eigenvalue weighted by Gasteiger charge is 2.33. The van der Waals surface area contributed by atoms with Crippen molar-refractivity contribution in [2.75, 3.05) is 38.4 Å². The number of aromatic nitrogens is 1. The molecule has 9 nitrogen and oxygen atoms in total. The standard InChI is InChI=1S/C20H19FN2O7/c1-26-19(24)17-9-18(22-30-17)28-11-14-10-23(20(25)29-14)13-2-3-15(16(21)8-13)12-4-6-27-7-5-12/h2-4,8-9,14H,5-7,10-11H2,1H3/t14-/m1/s1. The first kappa shape index (κ1) is 19.9. The van der Waals surface area contributed by atoms with Crippen LogP contribution in [-0.2, 0) is 14.2 Å². The summed E-state index contributed by atoms with van der Waals surface area (Å²) in [5.41, 5.74) is 1.78. The number of ether oxygens (including phenoxy) is 4. The zero-order valence-corrected chi connectivity index (χ0v) is 16.1. The lowest BCUT2D eigenvalue weighted by Crippen LogP contribution is -2.26. The molecule has 0 bridgehead atoms. The number of amides is 1. The predicted octanol–water partition coefficient (Wildman–Crippen LogP) is 2.81. The predicted molar refractivity (Wildman–Crippen MR) is 101 cm³/mol. The van der Waals surface area contributed by atoms with Crippen molar-refractivity contribution >= 4 is 23.3 Å². The first-order valence-electron chi connectivity index (χ1n) is 9.28. The lowest BCUT2D eigenvalue weighted by atomic mass is 10.0. The monoisotopic (exact) mass is 418 g/mol. The number of carbonyl (C=O) groups excluding carboxylic acids is 2. The first-order chi connectivity index (χ1) is 14.5. The second-order valence-corrected chi connectivity index (χ2v) is 6.67. The molecule has 2 aromatic rings. The average Bonchev–Trinajstić information content (AvgIpc) is 3.39. The Bertz CT molecular complexity index is 987. The molecule has 0 unspecified atom stereocenters. The van der Waals surface area contributed by atoms with Crippen molar-refractivity contribution in [1.82, 2.24) is 5.16 Å². The van der Waals surface area contributed by atoms with Crippen LogP contribution in [0.4, 0.5) is 14.9 Å². The average molecular weight is 418 g/mol. The van der Waals surface area contributed by atoms with Crippen LogP contribution in [0.15, 0.2) is 34.9 Å². The van der Waals surface area contributed by atoms with Crippen LogP contribution in [0, 0.1) is 5.82 Å². The van der Waals surface area contributed by atoms with Gasteiger partial charge in [-0.05, 0) is 35.3 Å². The van der Waals surface area contributed by atoms with E-state index in [2.05, 4.69) is 9.89 Å². The fourth-order valence-electron chi connectivity index (χ4n) is 3.23. The molecule has 4 rings (SSSR count). The van der Waals surface area contributed by atoms with E-state index in [4.69, 9.17) is 18.7 Å². The molecule has 158 valence electrons.